The lowest BCUT2D eigenvalue weighted by atomic mass is 9.90. The molecule has 4 rings (SSSR count). The minimum Gasteiger partial charge on any atom is -0.385 e. The molecule has 2 aliphatic heterocycles. The summed E-state index contributed by atoms with van der Waals surface area (Å²) in [5.74, 6) is 1.25. The molecule has 2 aromatic rings. The molecule has 0 atom stereocenters. The number of thiocarbonyl (C=S) groups is 1. The zero-order valence-corrected chi connectivity index (χ0v) is 25.3. The van der Waals surface area contributed by atoms with E-state index in [0.717, 1.165) is 56.6 Å². The van der Waals surface area contributed by atoms with Crippen molar-refractivity contribution >= 4 is 46.1 Å². The van der Waals surface area contributed by atoms with Crippen LogP contribution in [0.4, 0.5) is 5.82 Å². The summed E-state index contributed by atoms with van der Waals surface area (Å²) in [7, 11) is 1.64. The van der Waals surface area contributed by atoms with E-state index in [9.17, 15) is 14.9 Å². The number of carbonyl (C=O) groups is 1. The molecule has 1 amide bonds. The predicted molar refractivity (Wildman–Crippen MR) is 167 cm³/mol. The van der Waals surface area contributed by atoms with Crippen molar-refractivity contribution in [3.8, 4) is 6.07 Å². The molecular formula is C31H38N4O3S2. The number of methoxy groups -OCH3 is 1. The molecule has 0 unspecified atom stereocenters. The molecule has 1 aromatic heterocycles. The number of carbonyl (C=O) groups excluding carboxylic acids is 1. The normalized spacial score (nSPS) is 17.2. The fourth-order valence-corrected chi connectivity index (χ4v) is 6.79. The Balaban J connectivity index is 1.71. The molecule has 9 heteroatoms. The zero-order chi connectivity index (χ0) is 28.6. The van der Waals surface area contributed by atoms with Crippen LogP contribution in [0.15, 0.2) is 40.0 Å². The summed E-state index contributed by atoms with van der Waals surface area (Å²) >= 11 is 6.82. The van der Waals surface area contributed by atoms with Crippen molar-refractivity contribution in [3.05, 3.63) is 67.8 Å². The third kappa shape index (κ3) is 6.68. The number of amides is 1. The Bertz CT molecular complexity index is 1360. The van der Waals surface area contributed by atoms with E-state index in [0.29, 0.717) is 46.8 Å². The average molecular weight is 579 g/mol. The number of nitriles is 1. The summed E-state index contributed by atoms with van der Waals surface area (Å²) in [5, 5.41) is 9.96. The van der Waals surface area contributed by atoms with Gasteiger partial charge in [0.2, 0.25) is 0 Å². The molecule has 2 fully saturated rings. The van der Waals surface area contributed by atoms with Crippen molar-refractivity contribution in [2.45, 2.75) is 58.9 Å². The van der Waals surface area contributed by atoms with Gasteiger partial charge in [-0.2, -0.15) is 5.26 Å². The van der Waals surface area contributed by atoms with E-state index < -0.39 is 0 Å². The van der Waals surface area contributed by atoms with Gasteiger partial charge in [-0.25, -0.2) is 0 Å². The summed E-state index contributed by atoms with van der Waals surface area (Å²) in [6, 6.07) is 12.7. The van der Waals surface area contributed by atoms with Gasteiger partial charge in [-0.1, -0.05) is 67.7 Å². The highest BCUT2D eigenvalue weighted by Crippen LogP contribution is 2.37. The monoisotopic (exact) mass is 578 g/mol. The number of hydrogen-bond acceptors (Lipinski definition) is 7. The summed E-state index contributed by atoms with van der Waals surface area (Å²) in [6.07, 6.45) is 7.37. The van der Waals surface area contributed by atoms with Gasteiger partial charge in [-0.3, -0.25) is 19.1 Å². The van der Waals surface area contributed by atoms with Crippen LogP contribution in [0, 0.1) is 24.2 Å². The first kappa shape index (κ1) is 30.0. The van der Waals surface area contributed by atoms with Crippen LogP contribution in [0.3, 0.4) is 0 Å². The number of hydrogen-bond donors (Lipinski definition) is 0. The second-order valence-corrected chi connectivity index (χ2v) is 12.1. The smallest absolute Gasteiger partial charge is 0.270 e. The summed E-state index contributed by atoms with van der Waals surface area (Å²) < 4.78 is 7.44. The topological polar surface area (TPSA) is 78.6 Å². The molecule has 3 heterocycles. The molecule has 0 spiro atoms. The van der Waals surface area contributed by atoms with Crippen molar-refractivity contribution in [1.29, 1.82) is 5.26 Å². The van der Waals surface area contributed by atoms with E-state index in [4.69, 9.17) is 17.0 Å². The van der Waals surface area contributed by atoms with Crippen molar-refractivity contribution in [2.75, 3.05) is 38.3 Å². The lowest BCUT2D eigenvalue weighted by Gasteiger charge is -2.36. The van der Waals surface area contributed by atoms with Gasteiger partial charge in [0.1, 0.15) is 21.8 Å². The van der Waals surface area contributed by atoms with Gasteiger partial charge in [0.05, 0.1) is 4.91 Å². The first-order valence-corrected chi connectivity index (χ1v) is 15.3. The Morgan fingerprint density at radius 1 is 1.15 bits per heavy atom. The molecule has 2 saturated heterocycles. The molecule has 0 aliphatic carbocycles. The number of piperidine rings is 1. The van der Waals surface area contributed by atoms with Crippen LogP contribution in [-0.2, 0) is 22.5 Å². The second-order valence-electron chi connectivity index (χ2n) is 10.5. The molecule has 40 heavy (non-hydrogen) atoms. The van der Waals surface area contributed by atoms with Gasteiger partial charge in [0.15, 0.2) is 0 Å². The van der Waals surface area contributed by atoms with Crippen LogP contribution in [0.5, 0.6) is 0 Å². The van der Waals surface area contributed by atoms with Crippen molar-refractivity contribution in [3.63, 3.8) is 0 Å². The van der Waals surface area contributed by atoms with Gasteiger partial charge in [-0.05, 0) is 62.1 Å². The number of pyridine rings is 1. The van der Waals surface area contributed by atoms with E-state index in [1.807, 2.05) is 19.1 Å². The average Bonchev–Trinajstić information content (AvgIpc) is 3.22. The summed E-state index contributed by atoms with van der Waals surface area (Å²) in [4.78, 5) is 31.4. The van der Waals surface area contributed by atoms with E-state index in [2.05, 4.69) is 42.2 Å². The molecular weight excluding hydrogens is 541 g/mol. The van der Waals surface area contributed by atoms with Crippen molar-refractivity contribution in [2.24, 2.45) is 5.92 Å². The number of aromatic nitrogens is 1. The fraction of sp³-hybridized carbons (Fsp3) is 0.484. The number of unbranched alkanes of at least 4 members (excludes halogenated alkanes) is 1. The van der Waals surface area contributed by atoms with Crippen molar-refractivity contribution in [1.82, 2.24) is 9.47 Å². The number of ether oxygens (including phenoxy) is 1. The molecule has 7 nitrogen and oxygen atoms in total. The van der Waals surface area contributed by atoms with Gasteiger partial charge >= 0.3 is 0 Å². The number of anilines is 1. The predicted octanol–water partition coefficient (Wildman–Crippen LogP) is 5.53. The van der Waals surface area contributed by atoms with E-state index in [1.54, 1.807) is 16.6 Å². The third-order valence-electron chi connectivity index (χ3n) is 7.74. The number of thioether (sulfide) groups is 1. The third-order valence-corrected chi connectivity index (χ3v) is 9.12. The van der Waals surface area contributed by atoms with Gasteiger partial charge < -0.3 is 9.64 Å². The maximum Gasteiger partial charge on any atom is 0.270 e. The quantitative estimate of drug-likeness (QED) is 0.197. The molecule has 0 saturated carbocycles. The Labute approximate surface area is 246 Å². The molecule has 0 radical (unpaired) electrons. The Morgan fingerprint density at radius 2 is 1.88 bits per heavy atom. The lowest BCUT2D eigenvalue weighted by Crippen LogP contribution is -2.40. The standard InChI is InChI=1S/C31H38N4O3S2/c1-4-5-14-34-28(33-16-12-24(13-17-33)19-23-10-7-6-8-11-23)25(22(2)26(21-32)29(34)36)20-27-30(37)35(31(39)40-27)15-9-18-38-3/h6-8,10-11,20,24H,4-5,9,12-19H2,1-3H3/b27-20-. The molecule has 1 aromatic carbocycles. The summed E-state index contributed by atoms with van der Waals surface area (Å²) in [6.45, 7) is 7.11. The lowest BCUT2D eigenvalue weighted by molar-refractivity contribution is -0.122. The minimum absolute atomic E-state index is 0.136. The first-order chi connectivity index (χ1) is 19.4. The summed E-state index contributed by atoms with van der Waals surface area (Å²) in [5.41, 5.74) is 2.63. The number of nitrogens with zero attached hydrogens (tertiary/aromatic N) is 4. The number of benzene rings is 1. The molecule has 212 valence electrons. The van der Waals surface area contributed by atoms with Crippen LogP contribution < -0.4 is 10.5 Å². The van der Waals surface area contributed by atoms with Gasteiger partial charge in [0.25, 0.3) is 11.5 Å². The van der Waals surface area contributed by atoms with E-state index in [1.165, 1.54) is 17.3 Å². The van der Waals surface area contributed by atoms with E-state index >= 15 is 0 Å². The molecule has 0 N–H and O–H groups in total. The Kier molecular flexibility index (Phi) is 10.6. The van der Waals surface area contributed by atoms with Crippen molar-refractivity contribution < 1.29 is 9.53 Å². The Morgan fingerprint density at radius 3 is 2.52 bits per heavy atom. The van der Waals surface area contributed by atoms with Crippen LogP contribution in [0.1, 0.15) is 61.3 Å². The van der Waals surface area contributed by atoms with Crippen LogP contribution in [0.25, 0.3) is 6.08 Å². The van der Waals surface area contributed by atoms with Crippen LogP contribution >= 0.6 is 24.0 Å². The van der Waals surface area contributed by atoms with Gasteiger partial charge in [0, 0.05) is 45.5 Å². The van der Waals surface area contributed by atoms with Gasteiger partial charge in [-0.15, -0.1) is 0 Å². The maximum absolute atomic E-state index is 13.6. The fourth-order valence-electron chi connectivity index (χ4n) is 5.50. The molecule has 2 aliphatic rings. The molecule has 0 bridgehead atoms. The van der Waals surface area contributed by atoms with Crippen LogP contribution in [-0.4, -0.2) is 53.0 Å². The number of rotatable bonds is 11. The second kappa shape index (κ2) is 14.1. The van der Waals surface area contributed by atoms with Crippen LogP contribution in [0.2, 0.25) is 0 Å². The highest BCUT2D eigenvalue weighted by atomic mass is 32.2. The minimum atomic E-state index is -0.251. The highest BCUT2D eigenvalue weighted by Gasteiger charge is 2.33. The maximum atomic E-state index is 13.6. The SMILES string of the molecule is CCCCn1c(N2CCC(Cc3ccccc3)CC2)c(/C=C2\SC(=S)N(CCCOC)C2=O)c(C)c(C#N)c1=O. The zero-order valence-electron chi connectivity index (χ0n) is 23.6. The largest absolute Gasteiger partial charge is 0.385 e. The highest BCUT2D eigenvalue weighted by molar-refractivity contribution is 8.26. The Hall–Kier alpha value is -2.93. The first-order valence-electron chi connectivity index (χ1n) is 14.1. The van der Waals surface area contributed by atoms with E-state index in [-0.39, 0.29) is 17.0 Å².